The van der Waals surface area contributed by atoms with E-state index in [0.717, 1.165) is 11.1 Å². The van der Waals surface area contributed by atoms with E-state index in [4.69, 9.17) is 4.18 Å². The minimum Gasteiger partial charge on any atom is -0.382 e. The van der Waals surface area contributed by atoms with Crippen LogP contribution in [0.25, 0.3) is 0 Å². The summed E-state index contributed by atoms with van der Waals surface area (Å²) in [7, 11) is -7.86. The Hall–Kier alpha value is -1.90. The summed E-state index contributed by atoms with van der Waals surface area (Å²) < 4.78 is 61.5. The van der Waals surface area contributed by atoms with Crippen LogP contribution in [-0.2, 0) is 20.2 Å². The van der Waals surface area contributed by atoms with Crippen LogP contribution in [0.3, 0.4) is 0 Å². The highest BCUT2D eigenvalue weighted by Crippen LogP contribution is 2.37. The minimum absolute atomic E-state index is 0.157. The highest BCUT2D eigenvalue weighted by atomic mass is 32.2. The van der Waals surface area contributed by atoms with Gasteiger partial charge in [-0.3, -0.25) is 4.55 Å². The van der Waals surface area contributed by atoms with Crippen LogP contribution in [-0.4, -0.2) is 32.4 Å². The molecule has 154 valence electrons. The van der Waals surface area contributed by atoms with Gasteiger partial charge in [0.2, 0.25) is 0 Å². The lowest BCUT2D eigenvalue weighted by atomic mass is 9.86. The third-order valence-electron chi connectivity index (χ3n) is 4.68. The van der Waals surface area contributed by atoms with Gasteiger partial charge in [0.05, 0.1) is 11.0 Å². The predicted molar refractivity (Wildman–Crippen MR) is 110 cm³/mol. The number of benzene rings is 2. The van der Waals surface area contributed by atoms with Crippen molar-refractivity contribution in [2.24, 2.45) is 0 Å². The van der Waals surface area contributed by atoms with Gasteiger partial charge in [0.25, 0.3) is 10.1 Å². The van der Waals surface area contributed by atoms with Crippen molar-refractivity contribution in [2.45, 2.75) is 44.8 Å². The largest absolute Gasteiger partial charge is 0.382 e. The molecule has 1 N–H and O–H groups in total. The molecule has 0 spiro atoms. The molecule has 0 aliphatic rings. The Morgan fingerprint density at radius 1 is 1.00 bits per heavy atom. The summed E-state index contributed by atoms with van der Waals surface area (Å²) in [4.78, 5) is 0. The van der Waals surface area contributed by atoms with E-state index in [2.05, 4.69) is 0 Å². The van der Waals surface area contributed by atoms with Gasteiger partial charge in [-0.25, -0.2) is 0 Å². The summed E-state index contributed by atoms with van der Waals surface area (Å²) in [5.41, 5.74) is 2.51. The van der Waals surface area contributed by atoms with E-state index in [1.807, 2.05) is 43.3 Å². The maximum atomic E-state index is 12.0. The molecule has 2 rings (SSSR count). The van der Waals surface area contributed by atoms with E-state index >= 15 is 0 Å². The lowest BCUT2D eigenvalue weighted by molar-refractivity contribution is 0.461. The van der Waals surface area contributed by atoms with E-state index in [-0.39, 0.29) is 23.8 Å². The fourth-order valence-corrected chi connectivity index (χ4v) is 3.93. The van der Waals surface area contributed by atoms with Crippen molar-refractivity contribution in [1.29, 1.82) is 0 Å². The fraction of sp³-hybridized carbons (Fsp3) is 0.400. The number of hydrogen-bond acceptors (Lipinski definition) is 5. The summed E-state index contributed by atoms with van der Waals surface area (Å²) in [6.07, 6.45) is 0.614. The molecule has 6 nitrogen and oxygen atoms in total. The molecule has 0 aromatic heterocycles. The predicted octanol–water partition coefficient (Wildman–Crippen LogP) is 3.91. The van der Waals surface area contributed by atoms with E-state index in [9.17, 15) is 21.4 Å². The highest BCUT2D eigenvalue weighted by molar-refractivity contribution is 7.87. The standard InChI is InChI=1S/C20H26O6S2/c1-4-27(21,22)26-20-13-10-15(2)14-19(20)18(17-8-6-5-7-9-17)12-11-16(3)28(23,24)25/h5-10,13-14,16,18H,4,11-12H2,1-3H3,(H,23,24,25). The van der Waals surface area contributed by atoms with Gasteiger partial charge in [-0.15, -0.1) is 0 Å². The van der Waals surface area contributed by atoms with E-state index in [0.29, 0.717) is 12.0 Å². The van der Waals surface area contributed by atoms with E-state index < -0.39 is 25.5 Å². The van der Waals surface area contributed by atoms with Crippen molar-refractivity contribution in [3.63, 3.8) is 0 Å². The molecule has 0 aliphatic heterocycles. The van der Waals surface area contributed by atoms with Crippen molar-refractivity contribution in [3.05, 3.63) is 65.2 Å². The Kier molecular flexibility index (Phi) is 7.25. The lowest BCUT2D eigenvalue weighted by Gasteiger charge is -2.22. The quantitative estimate of drug-likeness (QED) is 0.482. The third-order valence-corrected chi connectivity index (χ3v) is 7.08. The number of rotatable bonds is 9. The molecule has 0 heterocycles. The van der Waals surface area contributed by atoms with Gasteiger partial charge in [-0.05, 0) is 45.2 Å². The van der Waals surface area contributed by atoms with Crippen molar-refractivity contribution in [3.8, 4) is 5.75 Å². The van der Waals surface area contributed by atoms with E-state index in [1.54, 1.807) is 12.1 Å². The average molecular weight is 427 g/mol. The maximum absolute atomic E-state index is 12.0. The molecule has 0 amide bonds. The van der Waals surface area contributed by atoms with Crippen LogP contribution in [0.2, 0.25) is 0 Å². The molecule has 0 fully saturated rings. The Morgan fingerprint density at radius 3 is 2.21 bits per heavy atom. The monoisotopic (exact) mass is 426 g/mol. The normalized spacial score (nSPS) is 14.4. The van der Waals surface area contributed by atoms with Crippen molar-refractivity contribution in [2.75, 3.05) is 5.75 Å². The van der Waals surface area contributed by atoms with Crippen LogP contribution in [0.1, 0.15) is 49.3 Å². The Bertz CT molecular complexity index is 998. The van der Waals surface area contributed by atoms with Crippen LogP contribution >= 0.6 is 0 Å². The van der Waals surface area contributed by atoms with Crippen LogP contribution < -0.4 is 4.18 Å². The van der Waals surface area contributed by atoms with Gasteiger partial charge in [0.15, 0.2) is 0 Å². The summed E-state index contributed by atoms with van der Waals surface area (Å²) >= 11 is 0. The van der Waals surface area contributed by atoms with Crippen molar-refractivity contribution in [1.82, 2.24) is 0 Å². The average Bonchev–Trinajstić information content (AvgIpc) is 2.63. The maximum Gasteiger partial charge on any atom is 0.308 e. The van der Waals surface area contributed by atoms with Gasteiger partial charge < -0.3 is 4.18 Å². The molecule has 2 atom stereocenters. The summed E-state index contributed by atoms with van der Waals surface area (Å²) in [5, 5.41) is -0.924. The van der Waals surface area contributed by atoms with Crippen LogP contribution in [0, 0.1) is 6.92 Å². The first kappa shape index (κ1) is 22.4. The highest BCUT2D eigenvalue weighted by Gasteiger charge is 2.25. The topological polar surface area (TPSA) is 97.7 Å². The second kappa shape index (κ2) is 9.07. The van der Waals surface area contributed by atoms with Gasteiger partial charge in [-0.1, -0.05) is 48.0 Å². The molecule has 8 heteroatoms. The first-order chi connectivity index (χ1) is 13.0. The summed E-state index contributed by atoms with van der Waals surface area (Å²) in [6.45, 7) is 4.85. The van der Waals surface area contributed by atoms with Gasteiger partial charge in [0.1, 0.15) is 5.75 Å². The van der Waals surface area contributed by atoms with Crippen LogP contribution in [0.4, 0.5) is 0 Å². The van der Waals surface area contributed by atoms with E-state index in [1.165, 1.54) is 13.8 Å². The Morgan fingerprint density at radius 2 is 1.64 bits per heavy atom. The molecule has 0 saturated carbocycles. The molecule has 0 aliphatic carbocycles. The molecule has 0 saturated heterocycles. The van der Waals surface area contributed by atoms with Crippen molar-refractivity contribution >= 4 is 20.2 Å². The third kappa shape index (κ3) is 6.05. The molecular formula is C20H26O6S2. The van der Waals surface area contributed by atoms with Crippen LogP contribution in [0.15, 0.2) is 48.5 Å². The fourth-order valence-electron chi connectivity index (χ4n) is 2.95. The zero-order chi connectivity index (χ0) is 20.9. The summed E-state index contributed by atoms with van der Waals surface area (Å²) in [6, 6.07) is 14.7. The van der Waals surface area contributed by atoms with Gasteiger partial charge >= 0.3 is 10.1 Å². The molecule has 28 heavy (non-hydrogen) atoms. The second-order valence-corrected chi connectivity index (χ2v) is 10.5. The molecule has 0 radical (unpaired) electrons. The SMILES string of the molecule is CCS(=O)(=O)Oc1ccc(C)cc1C(CCC(C)S(=O)(=O)O)c1ccccc1. The molecule has 2 unspecified atom stereocenters. The molecule has 2 aromatic carbocycles. The van der Waals surface area contributed by atoms with Crippen LogP contribution in [0.5, 0.6) is 5.75 Å². The second-order valence-electron chi connectivity index (χ2n) is 6.84. The molecular weight excluding hydrogens is 400 g/mol. The minimum atomic E-state index is -4.14. The zero-order valence-corrected chi connectivity index (χ0v) is 17.8. The summed E-state index contributed by atoms with van der Waals surface area (Å²) in [5.74, 6) is -0.205. The number of aryl methyl sites for hydroxylation is 1. The van der Waals surface area contributed by atoms with Gasteiger partial charge in [-0.2, -0.15) is 16.8 Å². The molecule has 0 bridgehead atoms. The Balaban J connectivity index is 2.50. The molecule has 2 aromatic rings. The zero-order valence-electron chi connectivity index (χ0n) is 16.2. The first-order valence-corrected chi connectivity index (χ1v) is 12.2. The smallest absolute Gasteiger partial charge is 0.308 e. The number of hydrogen-bond donors (Lipinski definition) is 1. The van der Waals surface area contributed by atoms with Gasteiger partial charge in [0, 0.05) is 11.5 Å². The lowest BCUT2D eigenvalue weighted by Crippen LogP contribution is -2.18. The van der Waals surface area contributed by atoms with Crippen molar-refractivity contribution < 1.29 is 25.6 Å². The first-order valence-electron chi connectivity index (χ1n) is 9.07. The Labute approximate surface area is 167 Å².